The molecule has 4 amide bonds. The summed E-state index contributed by atoms with van der Waals surface area (Å²) in [6.45, 7) is 1.47. The van der Waals surface area contributed by atoms with E-state index in [4.69, 9.17) is 66.8 Å². The maximum absolute atomic E-state index is 14.3. The first-order valence-corrected chi connectivity index (χ1v) is 22.3. The van der Waals surface area contributed by atoms with Gasteiger partial charge in [-0.1, -0.05) is 12.1 Å². The third kappa shape index (κ3) is 17.0. The molecular formula is C40H62N16O6S2. The van der Waals surface area contributed by atoms with Crippen LogP contribution in [0.2, 0.25) is 0 Å². The van der Waals surface area contributed by atoms with Gasteiger partial charge in [-0.25, -0.2) is 0 Å². The second kappa shape index (κ2) is 28.0. The van der Waals surface area contributed by atoms with Crippen LogP contribution in [0.15, 0.2) is 68.3 Å². The summed E-state index contributed by atoms with van der Waals surface area (Å²) >= 11 is 2.61. The molecule has 64 heavy (non-hydrogen) atoms. The molecule has 2 unspecified atom stereocenters. The van der Waals surface area contributed by atoms with Crippen molar-refractivity contribution >= 4 is 81.8 Å². The van der Waals surface area contributed by atoms with E-state index in [0.717, 1.165) is 0 Å². The minimum Gasteiger partial charge on any atom is -0.491 e. The smallest absolute Gasteiger partial charge is 0.259 e. The molecule has 0 saturated carbocycles. The van der Waals surface area contributed by atoms with E-state index in [-0.39, 0.29) is 60.8 Å². The lowest BCUT2D eigenvalue weighted by atomic mass is 10.1. The summed E-state index contributed by atoms with van der Waals surface area (Å²) in [5.41, 5.74) is 58.5. The normalized spacial score (nSPS) is 11.7. The molecule has 0 aromatic heterocycles. The number of carbonyl (C=O) groups is 4. The summed E-state index contributed by atoms with van der Waals surface area (Å²) in [6, 6.07) is 11.0. The highest BCUT2D eigenvalue weighted by Crippen LogP contribution is 2.38. The highest BCUT2D eigenvalue weighted by atomic mass is 32.2. The molecule has 24 heteroatoms. The number of amides is 4. The van der Waals surface area contributed by atoms with E-state index in [0.29, 0.717) is 95.9 Å². The molecule has 0 fully saturated rings. The fraction of sp³-hybridized carbons (Fsp3) is 0.400. The van der Waals surface area contributed by atoms with Crippen LogP contribution in [0.25, 0.3) is 0 Å². The number of rotatable bonds is 28. The molecule has 350 valence electrons. The van der Waals surface area contributed by atoms with E-state index >= 15 is 0 Å². The number of ether oxygens (including phenoxy) is 2. The Morgan fingerprint density at radius 1 is 0.562 bits per heavy atom. The lowest BCUT2D eigenvalue weighted by molar-refractivity contribution is -0.118. The topological polar surface area (TPSA) is 420 Å². The standard InChI is InChI=1S/C40H62N16O6S2/c41-11-17-61-31-22-32(62-18-12-42)24(36(58)54-28-8-2-10-30(34(28)64-20-14-44)56-38(60)26(46)6-4-16-52-40(49)50)21-23(31)35(57)53-27-7-1-9-29(33(27)63-19-13-43)55-37(59)25(45)5-3-15-51-39(47)48/h1-2,7-10,21-22,25-26H,3-6,11-20,41-46H2,(H,53,57)(H,54,58)(H,55,59)(H,56,60)(H4,47,48,51)(H4,49,50,52). The van der Waals surface area contributed by atoms with Crippen molar-refractivity contribution in [1.82, 2.24) is 0 Å². The number of nitrogens with two attached hydrogens (primary N) is 10. The number of carbonyl (C=O) groups excluding carboxylic acids is 4. The predicted octanol–water partition coefficient (Wildman–Crippen LogP) is -0.393. The lowest BCUT2D eigenvalue weighted by Gasteiger charge is -2.20. The summed E-state index contributed by atoms with van der Waals surface area (Å²) in [6.07, 6.45) is 1.57. The number of nitrogens with zero attached hydrogens (tertiary/aromatic N) is 2. The third-order valence-corrected chi connectivity index (χ3v) is 11.0. The van der Waals surface area contributed by atoms with Crippen molar-refractivity contribution in [3.8, 4) is 11.5 Å². The van der Waals surface area contributed by atoms with Gasteiger partial charge in [0.1, 0.15) is 24.7 Å². The van der Waals surface area contributed by atoms with Crippen LogP contribution in [-0.2, 0) is 9.59 Å². The molecule has 24 N–H and O–H groups in total. The number of benzene rings is 3. The summed E-state index contributed by atoms with van der Waals surface area (Å²) in [4.78, 5) is 63.9. The third-order valence-electron chi connectivity index (χ3n) is 8.70. The predicted molar refractivity (Wildman–Crippen MR) is 257 cm³/mol. The summed E-state index contributed by atoms with van der Waals surface area (Å²) in [5, 5.41) is 11.5. The first-order chi connectivity index (χ1) is 30.7. The molecule has 0 heterocycles. The molecule has 0 aliphatic carbocycles. The van der Waals surface area contributed by atoms with Crippen LogP contribution in [-0.4, -0.2) is 112 Å². The summed E-state index contributed by atoms with van der Waals surface area (Å²) < 4.78 is 11.8. The van der Waals surface area contributed by atoms with Gasteiger partial charge in [-0.15, -0.1) is 23.5 Å². The van der Waals surface area contributed by atoms with E-state index in [1.807, 2.05) is 0 Å². The van der Waals surface area contributed by atoms with Gasteiger partial charge in [0.15, 0.2) is 11.9 Å². The number of thioether (sulfide) groups is 2. The van der Waals surface area contributed by atoms with Crippen LogP contribution in [0.3, 0.4) is 0 Å². The second-order valence-corrected chi connectivity index (χ2v) is 16.0. The monoisotopic (exact) mass is 926 g/mol. The molecule has 0 bridgehead atoms. The van der Waals surface area contributed by atoms with Gasteiger partial charge in [0.25, 0.3) is 11.8 Å². The van der Waals surface area contributed by atoms with Gasteiger partial charge in [-0.05, 0) is 56.0 Å². The van der Waals surface area contributed by atoms with Gasteiger partial charge in [-0.3, -0.25) is 29.2 Å². The van der Waals surface area contributed by atoms with Crippen molar-refractivity contribution in [3.05, 3.63) is 59.7 Å². The minimum absolute atomic E-state index is 0.0215. The van der Waals surface area contributed by atoms with Crippen LogP contribution in [0.1, 0.15) is 46.4 Å². The Labute approximate surface area is 380 Å². The summed E-state index contributed by atoms with van der Waals surface area (Å²) in [7, 11) is 0. The fourth-order valence-electron chi connectivity index (χ4n) is 5.72. The number of anilines is 4. The Balaban J connectivity index is 2.02. The Morgan fingerprint density at radius 3 is 1.28 bits per heavy atom. The summed E-state index contributed by atoms with van der Waals surface area (Å²) in [5.74, 6) is -1.35. The molecule has 0 radical (unpaired) electrons. The van der Waals surface area contributed by atoms with Crippen LogP contribution in [0.4, 0.5) is 22.7 Å². The van der Waals surface area contributed by atoms with Gasteiger partial charge in [-0.2, -0.15) is 0 Å². The van der Waals surface area contributed by atoms with E-state index < -0.39 is 35.7 Å². The van der Waals surface area contributed by atoms with Crippen molar-refractivity contribution in [3.63, 3.8) is 0 Å². The van der Waals surface area contributed by atoms with Crippen LogP contribution in [0, 0.1) is 0 Å². The average Bonchev–Trinajstić information content (AvgIpc) is 3.26. The number of hydrogen-bond acceptors (Lipinski definition) is 16. The van der Waals surface area contributed by atoms with Gasteiger partial charge >= 0.3 is 0 Å². The van der Waals surface area contributed by atoms with Crippen LogP contribution < -0.4 is 88.1 Å². The molecular weight excluding hydrogens is 865 g/mol. The molecule has 0 aliphatic rings. The number of guanidine groups is 2. The quantitative estimate of drug-likeness (QED) is 0.0191. The fourth-order valence-corrected chi connectivity index (χ4v) is 7.47. The van der Waals surface area contributed by atoms with Crippen LogP contribution >= 0.6 is 23.5 Å². The van der Waals surface area contributed by atoms with Crippen molar-refractivity contribution in [2.24, 2.45) is 67.3 Å². The van der Waals surface area contributed by atoms with Crippen molar-refractivity contribution < 1.29 is 28.7 Å². The molecule has 3 aromatic rings. The van der Waals surface area contributed by atoms with Gasteiger partial charge in [0, 0.05) is 56.8 Å². The van der Waals surface area contributed by atoms with Gasteiger partial charge < -0.3 is 88.1 Å². The maximum atomic E-state index is 14.3. The van der Waals surface area contributed by atoms with Crippen molar-refractivity contribution in [1.29, 1.82) is 0 Å². The van der Waals surface area contributed by atoms with E-state index in [2.05, 4.69) is 31.3 Å². The highest BCUT2D eigenvalue weighted by Gasteiger charge is 2.25. The molecule has 3 aromatic carbocycles. The van der Waals surface area contributed by atoms with Crippen LogP contribution in [0.5, 0.6) is 11.5 Å². The molecule has 3 rings (SSSR count). The molecule has 0 aliphatic heterocycles. The minimum atomic E-state index is -0.875. The van der Waals surface area contributed by atoms with E-state index in [9.17, 15) is 19.2 Å². The second-order valence-electron chi connectivity index (χ2n) is 13.8. The Hall–Kier alpha value is -5.86. The first-order valence-electron chi connectivity index (χ1n) is 20.4. The highest BCUT2D eigenvalue weighted by molar-refractivity contribution is 7.99. The zero-order valence-corrected chi connectivity index (χ0v) is 37.2. The average molecular weight is 927 g/mol. The largest absolute Gasteiger partial charge is 0.491 e. The molecule has 0 saturated heterocycles. The molecule has 0 spiro atoms. The number of hydrogen-bond donors (Lipinski definition) is 14. The molecule has 22 nitrogen and oxygen atoms in total. The van der Waals surface area contributed by atoms with Gasteiger partial charge in [0.2, 0.25) is 11.8 Å². The number of nitrogens with one attached hydrogen (secondary N) is 4. The zero-order valence-electron chi connectivity index (χ0n) is 35.6. The Kier molecular flexibility index (Phi) is 23.0. The lowest BCUT2D eigenvalue weighted by Crippen LogP contribution is -2.36. The van der Waals surface area contributed by atoms with E-state index in [1.54, 1.807) is 36.4 Å². The zero-order chi connectivity index (χ0) is 47.0. The maximum Gasteiger partial charge on any atom is 0.259 e. The SMILES string of the molecule is NCCOc1cc(OCCN)c(C(=O)Nc2cccc(NC(=O)C(N)CCCN=C(N)N)c2SCCN)cc1C(=O)Nc1cccc(NC(=O)C(N)CCCN=C(N)N)c1SCCN. The first kappa shape index (κ1) is 52.5. The number of aliphatic imine (C=N–C) groups is 2. The van der Waals surface area contributed by atoms with Crippen molar-refractivity contribution in [2.75, 3.05) is 85.3 Å². The molecule has 2 atom stereocenters. The van der Waals surface area contributed by atoms with Crippen molar-refractivity contribution in [2.45, 2.75) is 47.6 Å². The Bertz CT molecular complexity index is 1940. The Morgan fingerprint density at radius 2 is 0.938 bits per heavy atom. The van der Waals surface area contributed by atoms with Gasteiger partial charge in [0.05, 0.1) is 55.8 Å². The van der Waals surface area contributed by atoms with E-state index in [1.165, 1.54) is 35.7 Å².